The third kappa shape index (κ3) is 2.36. The van der Waals surface area contributed by atoms with E-state index in [1.165, 1.54) is 51.6 Å². The van der Waals surface area contributed by atoms with Crippen LogP contribution in [0, 0.1) is 5.92 Å². The third-order valence-corrected chi connectivity index (χ3v) is 4.41. The molecule has 0 amide bonds. The first-order valence-electron chi connectivity index (χ1n) is 6.77. The van der Waals surface area contributed by atoms with Gasteiger partial charge in [-0.2, -0.15) is 0 Å². The molecule has 1 saturated carbocycles. The summed E-state index contributed by atoms with van der Waals surface area (Å²) >= 11 is 0. The summed E-state index contributed by atoms with van der Waals surface area (Å²) in [5, 5.41) is 3.34. The maximum Gasteiger partial charge on any atom is 0.0139 e. The van der Waals surface area contributed by atoms with Crippen molar-refractivity contribution >= 4 is 0 Å². The topological polar surface area (TPSA) is 15.3 Å². The van der Waals surface area contributed by atoms with Gasteiger partial charge in [0.05, 0.1) is 0 Å². The second-order valence-corrected chi connectivity index (χ2v) is 5.26. The van der Waals surface area contributed by atoms with Gasteiger partial charge < -0.3 is 5.32 Å². The number of nitrogens with one attached hydrogen (secondary N) is 1. The van der Waals surface area contributed by atoms with Gasteiger partial charge in [0, 0.05) is 12.1 Å². The lowest BCUT2D eigenvalue weighted by atomic mass is 9.76. The van der Waals surface area contributed by atoms with Crippen LogP contribution in [-0.2, 0) is 0 Å². The van der Waals surface area contributed by atoms with E-state index in [1.807, 2.05) is 0 Å². The standard InChI is InChI=1S/C13H26N2/c1-3-12-6-4-5-9-15(12)13-8-7-11(13)10-14-2/h11-14H,3-10H2,1-2H3. The first-order valence-corrected chi connectivity index (χ1v) is 6.77. The van der Waals surface area contributed by atoms with Crippen molar-refractivity contribution in [3.05, 3.63) is 0 Å². The van der Waals surface area contributed by atoms with Gasteiger partial charge in [0.1, 0.15) is 0 Å². The highest BCUT2D eigenvalue weighted by Gasteiger charge is 2.38. The van der Waals surface area contributed by atoms with Crippen LogP contribution in [0.4, 0.5) is 0 Å². The van der Waals surface area contributed by atoms with Crippen LogP contribution in [0.3, 0.4) is 0 Å². The summed E-state index contributed by atoms with van der Waals surface area (Å²) in [4.78, 5) is 2.83. The minimum absolute atomic E-state index is 0.892. The van der Waals surface area contributed by atoms with E-state index >= 15 is 0 Å². The Labute approximate surface area is 94.4 Å². The Morgan fingerprint density at radius 1 is 1.20 bits per heavy atom. The van der Waals surface area contributed by atoms with Crippen molar-refractivity contribution in [3.8, 4) is 0 Å². The molecule has 0 aromatic carbocycles. The number of piperidine rings is 1. The van der Waals surface area contributed by atoms with Gasteiger partial charge in [-0.1, -0.05) is 13.3 Å². The Kier molecular flexibility index (Phi) is 4.04. The Morgan fingerprint density at radius 3 is 2.67 bits per heavy atom. The molecular formula is C13H26N2. The first kappa shape index (κ1) is 11.4. The molecule has 15 heavy (non-hydrogen) atoms. The van der Waals surface area contributed by atoms with Crippen molar-refractivity contribution < 1.29 is 0 Å². The minimum atomic E-state index is 0.892. The highest BCUT2D eigenvalue weighted by atomic mass is 15.2. The average molecular weight is 210 g/mol. The van der Waals surface area contributed by atoms with E-state index in [0.29, 0.717) is 0 Å². The molecule has 3 atom stereocenters. The number of nitrogens with zero attached hydrogens (tertiary/aromatic N) is 1. The zero-order valence-electron chi connectivity index (χ0n) is 10.3. The molecule has 0 bridgehead atoms. The molecule has 0 aromatic rings. The van der Waals surface area contributed by atoms with Gasteiger partial charge >= 0.3 is 0 Å². The van der Waals surface area contributed by atoms with Crippen LogP contribution in [0.5, 0.6) is 0 Å². The number of hydrogen-bond acceptors (Lipinski definition) is 2. The Balaban J connectivity index is 1.90. The van der Waals surface area contributed by atoms with Gasteiger partial charge in [0.2, 0.25) is 0 Å². The normalized spacial score (nSPS) is 37.6. The predicted octanol–water partition coefficient (Wildman–Crippen LogP) is 2.25. The molecule has 2 heteroatoms. The minimum Gasteiger partial charge on any atom is -0.319 e. The van der Waals surface area contributed by atoms with Gasteiger partial charge in [0.15, 0.2) is 0 Å². The van der Waals surface area contributed by atoms with Crippen LogP contribution in [-0.4, -0.2) is 37.1 Å². The Hall–Kier alpha value is -0.0800. The van der Waals surface area contributed by atoms with Gasteiger partial charge in [-0.15, -0.1) is 0 Å². The lowest BCUT2D eigenvalue weighted by Gasteiger charge is -2.49. The molecule has 1 heterocycles. The molecule has 0 spiro atoms. The summed E-state index contributed by atoms with van der Waals surface area (Å²) in [6.45, 7) is 4.94. The van der Waals surface area contributed by atoms with E-state index in [0.717, 1.165) is 18.0 Å². The summed E-state index contributed by atoms with van der Waals surface area (Å²) in [6.07, 6.45) is 8.57. The summed E-state index contributed by atoms with van der Waals surface area (Å²) in [6, 6.07) is 1.80. The van der Waals surface area contributed by atoms with E-state index in [9.17, 15) is 0 Å². The molecule has 0 aromatic heterocycles. The highest BCUT2D eigenvalue weighted by Crippen LogP contribution is 2.36. The lowest BCUT2D eigenvalue weighted by molar-refractivity contribution is 0.00681. The van der Waals surface area contributed by atoms with Crippen molar-refractivity contribution in [2.45, 2.75) is 57.5 Å². The van der Waals surface area contributed by atoms with Crippen LogP contribution >= 0.6 is 0 Å². The van der Waals surface area contributed by atoms with Gasteiger partial charge in [-0.25, -0.2) is 0 Å². The Morgan fingerprint density at radius 2 is 2.07 bits per heavy atom. The molecule has 2 aliphatic rings. The van der Waals surface area contributed by atoms with E-state index in [1.54, 1.807) is 0 Å². The molecule has 2 fully saturated rings. The monoisotopic (exact) mass is 210 g/mol. The number of hydrogen-bond donors (Lipinski definition) is 1. The molecular weight excluding hydrogens is 184 g/mol. The zero-order valence-corrected chi connectivity index (χ0v) is 10.3. The molecule has 0 radical (unpaired) electrons. The maximum absolute atomic E-state index is 3.34. The SMILES string of the molecule is CCC1CCCCN1C1CCC1CNC. The fourth-order valence-electron chi connectivity index (χ4n) is 3.39. The molecule has 2 nitrogen and oxygen atoms in total. The van der Waals surface area contributed by atoms with E-state index < -0.39 is 0 Å². The van der Waals surface area contributed by atoms with Crippen molar-refractivity contribution in [2.75, 3.05) is 20.1 Å². The van der Waals surface area contributed by atoms with Crippen LogP contribution in [0.1, 0.15) is 45.4 Å². The Bertz CT molecular complexity index is 193. The summed E-state index contributed by atoms with van der Waals surface area (Å²) in [7, 11) is 2.09. The average Bonchev–Trinajstić information content (AvgIpc) is 2.25. The summed E-state index contributed by atoms with van der Waals surface area (Å²) in [5.41, 5.74) is 0. The zero-order chi connectivity index (χ0) is 10.7. The van der Waals surface area contributed by atoms with Crippen LogP contribution < -0.4 is 5.32 Å². The van der Waals surface area contributed by atoms with Crippen LogP contribution in [0.15, 0.2) is 0 Å². The smallest absolute Gasteiger partial charge is 0.0139 e. The van der Waals surface area contributed by atoms with Gasteiger partial charge in [-0.05, 0) is 58.2 Å². The fraction of sp³-hybridized carbons (Fsp3) is 1.00. The highest BCUT2D eigenvalue weighted by molar-refractivity contribution is 4.93. The quantitative estimate of drug-likeness (QED) is 0.765. The predicted molar refractivity (Wildman–Crippen MR) is 65.1 cm³/mol. The van der Waals surface area contributed by atoms with Crippen molar-refractivity contribution in [1.82, 2.24) is 10.2 Å². The van der Waals surface area contributed by atoms with E-state index in [4.69, 9.17) is 0 Å². The van der Waals surface area contributed by atoms with E-state index in [-0.39, 0.29) is 0 Å². The van der Waals surface area contributed by atoms with Gasteiger partial charge in [-0.3, -0.25) is 4.90 Å². The molecule has 1 aliphatic heterocycles. The summed E-state index contributed by atoms with van der Waals surface area (Å²) < 4.78 is 0. The summed E-state index contributed by atoms with van der Waals surface area (Å²) in [5.74, 6) is 0.933. The number of rotatable bonds is 4. The van der Waals surface area contributed by atoms with E-state index in [2.05, 4.69) is 24.2 Å². The van der Waals surface area contributed by atoms with Crippen molar-refractivity contribution in [3.63, 3.8) is 0 Å². The molecule has 2 rings (SSSR count). The second kappa shape index (κ2) is 5.31. The fourth-order valence-corrected chi connectivity index (χ4v) is 3.39. The molecule has 1 N–H and O–H groups in total. The van der Waals surface area contributed by atoms with Crippen LogP contribution in [0.25, 0.3) is 0 Å². The van der Waals surface area contributed by atoms with Crippen LogP contribution in [0.2, 0.25) is 0 Å². The lowest BCUT2D eigenvalue weighted by Crippen LogP contribution is -2.55. The van der Waals surface area contributed by atoms with Crippen molar-refractivity contribution in [2.24, 2.45) is 5.92 Å². The van der Waals surface area contributed by atoms with Crippen molar-refractivity contribution in [1.29, 1.82) is 0 Å². The second-order valence-electron chi connectivity index (χ2n) is 5.26. The molecule has 1 saturated heterocycles. The molecule has 88 valence electrons. The number of likely N-dealkylation sites (tertiary alicyclic amines) is 1. The van der Waals surface area contributed by atoms with Gasteiger partial charge in [0.25, 0.3) is 0 Å². The third-order valence-electron chi connectivity index (χ3n) is 4.41. The molecule has 3 unspecified atom stereocenters. The molecule has 1 aliphatic carbocycles. The maximum atomic E-state index is 3.34. The largest absolute Gasteiger partial charge is 0.319 e. The first-order chi connectivity index (χ1) is 7.36.